The fraction of sp³-hybridized carbons (Fsp3) is 0.143. The molecule has 0 N–H and O–H groups in total. The Morgan fingerprint density at radius 2 is 1.16 bits per heavy atom. The van der Waals surface area contributed by atoms with Crippen molar-refractivity contribution >= 4 is 44.4 Å². The second-order valence-electron chi connectivity index (χ2n) is 5.09. The Balaban J connectivity index is 2.36. The van der Waals surface area contributed by atoms with Crippen LogP contribution in [0.1, 0.15) is 11.1 Å². The normalized spacial score (nSPS) is 11.3. The number of rotatable bonds is 6. The molecule has 2 aromatic rings. The first-order chi connectivity index (χ1) is 11.6. The Bertz CT molecular complexity index is 890. The first kappa shape index (κ1) is 19.1. The zero-order valence-electron chi connectivity index (χ0n) is 12.4. The van der Waals surface area contributed by atoms with Crippen LogP contribution in [0.15, 0.2) is 36.4 Å². The SMILES string of the molecule is O=[N+]([O-])c1cc(Cl)ccc1CS(=O)(=O)Cc1ccc(Cl)cc1[N+](=O)[O-]. The maximum atomic E-state index is 12.4. The van der Waals surface area contributed by atoms with E-state index in [0.717, 1.165) is 12.1 Å². The molecule has 0 heterocycles. The minimum atomic E-state index is -3.92. The van der Waals surface area contributed by atoms with Crippen molar-refractivity contribution in [2.75, 3.05) is 0 Å². The lowest BCUT2D eigenvalue weighted by atomic mass is 10.2. The van der Waals surface area contributed by atoms with E-state index in [2.05, 4.69) is 0 Å². The van der Waals surface area contributed by atoms with E-state index in [1.165, 1.54) is 24.3 Å². The van der Waals surface area contributed by atoms with Gasteiger partial charge in [-0.15, -0.1) is 0 Å². The maximum absolute atomic E-state index is 12.4. The van der Waals surface area contributed by atoms with Crippen molar-refractivity contribution in [2.24, 2.45) is 0 Å². The molecule has 2 rings (SSSR count). The Labute approximate surface area is 152 Å². The van der Waals surface area contributed by atoms with Gasteiger partial charge in [0.1, 0.15) is 0 Å². The number of hydrogen-bond donors (Lipinski definition) is 0. The molecule has 0 aromatic heterocycles. The summed E-state index contributed by atoms with van der Waals surface area (Å²) in [6, 6.07) is 7.27. The molecule has 0 amide bonds. The van der Waals surface area contributed by atoms with Crippen LogP contribution in [0, 0.1) is 20.2 Å². The highest BCUT2D eigenvalue weighted by Crippen LogP contribution is 2.28. The Kier molecular flexibility index (Phi) is 5.61. The lowest BCUT2D eigenvalue weighted by molar-refractivity contribution is -0.385. The molecule has 0 aliphatic carbocycles. The third kappa shape index (κ3) is 4.88. The van der Waals surface area contributed by atoms with Crippen LogP contribution >= 0.6 is 23.2 Å². The summed E-state index contributed by atoms with van der Waals surface area (Å²) >= 11 is 11.4. The van der Waals surface area contributed by atoms with Crippen molar-refractivity contribution in [3.63, 3.8) is 0 Å². The summed E-state index contributed by atoms with van der Waals surface area (Å²) in [5, 5.41) is 22.3. The van der Waals surface area contributed by atoms with Crippen LogP contribution in [0.2, 0.25) is 10.0 Å². The van der Waals surface area contributed by atoms with Crippen molar-refractivity contribution < 1.29 is 18.3 Å². The number of sulfone groups is 1. The van der Waals surface area contributed by atoms with Gasteiger partial charge in [0.25, 0.3) is 11.4 Å². The topological polar surface area (TPSA) is 120 Å². The predicted octanol–water partition coefficient (Wildman–Crippen LogP) is 3.92. The van der Waals surface area contributed by atoms with Gasteiger partial charge in [0.15, 0.2) is 9.84 Å². The molecule has 0 fully saturated rings. The molecule has 11 heteroatoms. The van der Waals surface area contributed by atoms with Crippen LogP contribution in [-0.4, -0.2) is 18.3 Å². The molecule has 0 radical (unpaired) electrons. The van der Waals surface area contributed by atoms with Gasteiger partial charge in [-0.25, -0.2) is 8.42 Å². The van der Waals surface area contributed by atoms with Crippen LogP contribution in [0.3, 0.4) is 0 Å². The molecule has 0 unspecified atom stereocenters. The van der Waals surface area contributed by atoms with Crippen molar-refractivity contribution in [1.29, 1.82) is 0 Å². The quantitative estimate of drug-likeness (QED) is 0.531. The average Bonchev–Trinajstić information content (AvgIpc) is 2.50. The minimum absolute atomic E-state index is 0.0500. The lowest BCUT2D eigenvalue weighted by Gasteiger charge is -2.07. The summed E-state index contributed by atoms with van der Waals surface area (Å²) in [7, 11) is -3.92. The predicted molar refractivity (Wildman–Crippen MR) is 92.5 cm³/mol. The fourth-order valence-corrected chi connectivity index (χ4v) is 4.05. The highest BCUT2D eigenvalue weighted by molar-refractivity contribution is 7.89. The molecule has 0 atom stereocenters. The van der Waals surface area contributed by atoms with Gasteiger partial charge in [0.2, 0.25) is 0 Å². The zero-order chi connectivity index (χ0) is 18.8. The van der Waals surface area contributed by atoms with Crippen molar-refractivity contribution in [1.82, 2.24) is 0 Å². The van der Waals surface area contributed by atoms with E-state index in [1.807, 2.05) is 0 Å². The van der Waals surface area contributed by atoms with Crippen molar-refractivity contribution in [2.45, 2.75) is 11.5 Å². The number of nitrogens with zero attached hydrogens (tertiary/aromatic N) is 2. The molecule has 2 aromatic carbocycles. The smallest absolute Gasteiger partial charge is 0.258 e. The van der Waals surface area contributed by atoms with Gasteiger partial charge in [0, 0.05) is 33.3 Å². The third-order valence-corrected chi connectivity index (χ3v) is 5.21. The van der Waals surface area contributed by atoms with Crippen LogP contribution in [0.5, 0.6) is 0 Å². The largest absolute Gasteiger partial charge is 0.275 e. The Hall–Kier alpha value is -2.23. The van der Waals surface area contributed by atoms with E-state index in [4.69, 9.17) is 23.2 Å². The second-order valence-corrected chi connectivity index (χ2v) is 8.03. The molecule has 0 saturated carbocycles. The van der Waals surface area contributed by atoms with Gasteiger partial charge >= 0.3 is 0 Å². The van der Waals surface area contributed by atoms with Gasteiger partial charge in [-0.3, -0.25) is 20.2 Å². The maximum Gasteiger partial charge on any atom is 0.275 e. The number of halogens is 2. The van der Waals surface area contributed by atoms with Crippen molar-refractivity contribution in [3.8, 4) is 0 Å². The Morgan fingerprint density at radius 1 is 0.800 bits per heavy atom. The van der Waals surface area contributed by atoms with E-state index in [9.17, 15) is 28.6 Å². The van der Waals surface area contributed by atoms with Gasteiger partial charge in [-0.05, 0) is 24.3 Å². The molecular weight excluding hydrogens is 395 g/mol. The van der Waals surface area contributed by atoms with E-state index in [1.54, 1.807) is 0 Å². The van der Waals surface area contributed by atoms with E-state index in [-0.39, 0.29) is 21.2 Å². The third-order valence-electron chi connectivity index (χ3n) is 3.24. The molecule has 0 saturated heterocycles. The number of nitro benzene ring substituents is 2. The average molecular weight is 405 g/mol. The zero-order valence-corrected chi connectivity index (χ0v) is 14.7. The molecule has 0 bridgehead atoms. The summed E-state index contributed by atoms with van der Waals surface area (Å²) in [6.45, 7) is 0. The summed E-state index contributed by atoms with van der Waals surface area (Å²) in [6.07, 6.45) is 0. The highest BCUT2D eigenvalue weighted by atomic mass is 35.5. The van der Waals surface area contributed by atoms with Crippen LogP contribution < -0.4 is 0 Å². The van der Waals surface area contributed by atoms with Gasteiger partial charge in [-0.1, -0.05) is 23.2 Å². The molecule has 0 aliphatic rings. The second kappa shape index (κ2) is 7.34. The van der Waals surface area contributed by atoms with Gasteiger partial charge in [0.05, 0.1) is 21.4 Å². The minimum Gasteiger partial charge on any atom is -0.258 e. The molecule has 132 valence electrons. The van der Waals surface area contributed by atoms with Crippen LogP contribution in [0.4, 0.5) is 11.4 Å². The van der Waals surface area contributed by atoms with E-state index in [0.29, 0.717) is 0 Å². The number of nitro groups is 2. The highest BCUT2D eigenvalue weighted by Gasteiger charge is 2.24. The number of hydrogen-bond acceptors (Lipinski definition) is 6. The molecule has 0 aliphatic heterocycles. The van der Waals surface area contributed by atoms with Crippen molar-refractivity contribution in [3.05, 3.63) is 77.8 Å². The van der Waals surface area contributed by atoms with Gasteiger partial charge < -0.3 is 0 Å². The fourth-order valence-electron chi connectivity index (χ4n) is 2.18. The van der Waals surface area contributed by atoms with E-state index >= 15 is 0 Å². The van der Waals surface area contributed by atoms with Gasteiger partial charge in [-0.2, -0.15) is 0 Å². The number of benzene rings is 2. The summed E-state index contributed by atoms with van der Waals surface area (Å²) in [5.74, 6) is -1.31. The first-order valence-corrected chi connectivity index (χ1v) is 9.23. The summed E-state index contributed by atoms with van der Waals surface area (Å²) < 4.78 is 24.8. The Morgan fingerprint density at radius 3 is 1.48 bits per heavy atom. The van der Waals surface area contributed by atoms with Crippen LogP contribution in [-0.2, 0) is 21.3 Å². The molecule has 25 heavy (non-hydrogen) atoms. The molecule has 0 spiro atoms. The van der Waals surface area contributed by atoms with E-state index < -0.39 is 42.6 Å². The monoisotopic (exact) mass is 404 g/mol. The molecule has 8 nitrogen and oxygen atoms in total. The summed E-state index contributed by atoms with van der Waals surface area (Å²) in [4.78, 5) is 20.6. The molecular formula is C14H10Cl2N2O6S. The summed E-state index contributed by atoms with van der Waals surface area (Å²) in [5.41, 5.74) is -0.958. The van der Waals surface area contributed by atoms with Crippen LogP contribution in [0.25, 0.3) is 0 Å². The standard InChI is InChI=1S/C14H10Cl2N2O6S/c15-11-3-1-9(13(5-11)17(19)20)7-25(23,24)8-10-2-4-12(16)6-14(10)18(21)22/h1-6H,7-8H2. The first-order valence-electron chi connectivity index (χ1n) is 6.65. The lowest BCUT2D eigenvalue weighted by Crippen LogP contribution is -2.10.